The van der Waals surface area contributed by atoms with Crippen LogP contribution < -0.4 is 0 Å². The number of fused-ring (bicyclic) bond motifs is 1. The molecular formula is C14H26. The Morgan fingerprint density at radius 2 is 2.00 bits per heavy atom. The SMILES string of the molecule is CCC(C)C1CCC2CCCCC21C. The summed E-state index contributed by atoms with van der Waals surface area (Å²) in [5.41, 5.74) is 0.730. The Balaban J connectivity index is 2.12. The van der Waals surface area contributed by atoms with Crippen LogP contribution in [0.2, 0.25) is 0 Å². The molecule has 0 nitrogen and oxygen atoms in total. The van der Waals surface area contributed by atoms with Gasteiger partial charge >= 0.3 is 0 Å². The van der Waals surface area contributed by atoms with Crippen molar-refractivity contribution in [2.24, 2.45) is 23.2 Å². The minimum atomic E-state index is 0.730. The number of hydrogen-bond acceptors (Lipinski definition) is 0. The van der Waals surface area contributed by atoms with Crippen molar-refractivity contribution >= 4 is 0 Å². The maximum atomic E-state index is 2.60. The molecule has 0 N–H and O–H groups in total. The Labute approximate surface area is 89.5 Å². The van der Waals surface area contributed by atoms with E-state index in [0.29, 0.717) is 0 Å². The van der Waals surface area contributed by atoms with Gasteiger partial charge in [-0.25, -0.2) is 0 Å². The van der Waals surface area contributed by atoms with Crippen molar-refractivity contribution in [3.05, 3.63) is 0 Å². The van der Waals surface area contributed by atoms with E-state index in [4.69, 9.17) is 0 Å². The molecule has 0 aromatic carbocycles. The average molecular weight is 194 g/mol. The van der Waals surface area contributed by atoms with Crippen LogP contribution in [-0.4, -0.2) is 0 Å². The highest BCUT2D eigenvalue weighted by Gasteiger charge is 2.48. The molecule has 0 aromatic rings. The van der Waals surface area contributed by atoms with Gasteiger partial charge in [0, 0.05) is 0 Å². The highest BCUT2D eigenvalue weighted by Crippen LogP contribution is 2.57. The van der Waals surface area contributed by atoms with Crippen LogP contribution in [0.5, 0.6) is 0 Å². The van der Waals surface area contributed by atoms with Crippen LogP contribution in [0.15, 0.2) is 0 Å². The lowest BCUT2D eigenvalue weighted by Crippen LogP contribution is -2.34. The highest BCUT2D eigenvalue weighted by atomic mass is 14.5. The molecule has 0 saturated heterocycles. The normalized spacial score (nSPS) is 44.8. The first-order valence-electron chi connectivity index (χ1n) is 6.68. The van der Waals surface area contributed by atoms with Crippen molar-refractivity contribution in [2.45, 2.75) is 65.7 Å². The second-order valence-corrected chi connectivity index (χ2v) is 6.02. The van der Waals surface area contributed by atoms with Gasteiger partial charge in [-0.2, -0.15) is 0 Å². The Morgan fingerprint density at radius 3 is 2.71 bits per heavy atom. The van der Waals surface area contributed by atoms with Gasteiger partial charge in [0.05, 0.1) is 0 Å². The second kappa shape index (κ2) is 3.87. The monoisotopic (exact) mass is 194 g/mol. The molecule has 0 aromatic heterocycles. The van der Waals surface area contributed by atoms with E-state index in [1.165, 1.54) is 44.9 Å². The zero-order valence-electron chi connectivity index (χ0n) is 10.2. The molecule has 0 heteroatoms. The molecular weight excluding hydrogens is 168 g/mol. The lowest BCUT2D eigenvalue weighted by atomic mass is 9.62. The Bertz CT molecular complexity index is 196. The largest absolute Gasteiger partial charge is 0.0651 e. The van der Waals surface area contributed by atoms with Crippen LogP contribution in [0, 0.1) is 23.2 Å². The Kier molecular flexibility index (Phi) is 2.91. The summed E-state index contributed by atoms with van der Waals surface area (Å²) in [7, 11) is 0. The third kappa shape index (κ3) is 1.51. The summed E-state index contributed by atoms with van der Waals surface area (Å²) in [4.78, 5) is 0. The van der Waals surface area contributed by atoms with Crippen LogP contribution in [0.3, 0.4) is 0 Å². The van der Waals surface area contributed by atoms with Gasteiger partial charge in [-0.3, -0.25) is 0 Å². The standard InChI is InChI=1S/C14H26/c1-4-11(2)13-9-8-12-7-5-6-10-14(12,13)3/h11-13H,4-10H2,1-3H3. The van der Waals surface area contributed by atoms with Gasteiger partial charge < -0.3 is 0 Å². The zero-order valence-corrected chi connectivity index (χ0v) is 10.2. The van der Waals surface area contributed by atoms with Gasteiger partial charge in [0.15, 0.2) is 0 Å². The number of rotatable bonds is 2. The smallest absolute Gasteiger partial charge is 0.0267 e. The molecule has 82 valence electrons. The third-order valence-electron chi connectivity index (χ3n) is 5.45. The molecule has 2 rings (SSSR count). The zero-order chi connectivity index (χ0) is 10.2. The van der Waals surface area contributed by atoms with Crippen molar-refractivity contribution < 1.29 is 0 Å². The lowest BCUT2D eigenvalue weighted by Gasteiger charge is -2.43. The molecule has 0 bridgehead atoms. The molecule has 0 aliphatic heterocycles. The molecule has 0 radical (unpaired) electrons. The van der Waals surface area contributed by atoms with Gasteiger partial charge in [-0.05, 0) is 48.9 Å². The molecule has 2 aliphatic carbocycles. The summed E-state index contributed by atoms with van der Waals surface area (Å²) in [6, 6.07) is 0. The van der Waals surface area contributed by atoms with Crippen molar-refractivity contribution in [3.63, 3.8) is 0 Å². The number of hydrogen-bond donors (Lipinski definition) is 0. The maximum absolute atomic E-state index is 2.60. The summed E-state index contributed by atoms with van der Waals surface area (Å²) in [5, 5.41) is 0. The molecule has 4 unspecified atom stereocenters. The first-order chi connectivity index (χ1) is 6.68. The van der Waals surface area contributed by atoms with Crippen molar-refractivity contribution in [2.75, 3.05) is 0 Å². The van der Waals surface area contributed by atoms with Crippen LogP contribution >= 0.6 is 0 Å². The maximum Gasteiger partial charge on any atom is -0.0267 e. The fourth-order valence-corrected chi connectivity index (χ4v) is 4.32. The molecule has 2 saturated carbocycles. The van der Waals surface area contributed by atoms with E-state index in [0.717, 1.165) is 23.2 Å². The van der Waals surface area contributed by atoms with E-state index in [2.05, 4.69) is 20.8 Å². The fourth-order valence-electron chi connectivity index (χ4n) is 4.32. The Hall–Kier alpha value is 0. The molecule has 14 heavy (non-hydrogen) atoms. The molecule has 0 heterocycles. The van der Waals surface area contributed by atoms with Crippen molar-refractivity contribution in [3.8, 4) is 0 Å². The van der Waals surface area contributed by atoms with Gasteiger partial charge in [0.25, 0.3) is 0 Å². The van der Waals surface area contributed by atoms with Crippen molar-refractivity contribution in [1.82, 2.24) is 0 Å². The van der Waals surface area contributed by atoms with E-state index in [1.54, 1.807) is 0 Å². The second-order valence-electron chi connectivity index (χ2n) is 6.02. The summed E-state index contributed by atoms with van der Waals surface area (Å²) < 4.78 is 0. The molecule has 0 spiro atoms. The fraction of sp³-hybridized carbons (Fsp3) is 1.00. The third-order valence-corrected chi connectivity index (χ3v) is 5.45. The minimum Gasteiger partial charge on any atom is -0.0651 e. The van der Waals surface area contributed by atoms with Crippen molar-refractivity contribution in [1.29, 1.82) is 0 Å². The van der Waals surface area contributed by atoms with E-state index < -0.39 is 0 Å². The minimum absolute atomic E-state index is 0.730. The summed E-state index contributed by atoms with van der Waals surface area (Å²) in [6.45, 7) is 7.44. The molecule has 2 aliphatic rings. The molecule has 2 fully saturated rings. The summed E-state index contributed by atoms with van der Waals surface area (Å²) in [6.07, 6.45) is 10.5. The van der Waals surface area contributed by atoms with Gasteiger partial charge in [0.2, 0.25) is 0 Å². The van der Waals surface area contributed by atoms with E-state index in [9.17, 15) is 0 Å². The van der Waals surface area contributed by atoms with Crippen LogP contribution in [-0.2, 0) is 0 Å². The van der Waals surface area contributed by atoms with Gasteiger partial charge in [-0.1, -0.05) is 40.0 Å². The summed E-state index contributed by atoms with van der Waals surface area (Å²) in [5.74, 6) is 3.08. The van der Waals surface area contributed by atoms with E-state index in [-0.39, 0.29) is 0 Å². The summed E-state index contributed by atoms with van der Waals surface area (Å²) >= 11 is 0. The van der Waals surface area contributed by atoms with E-state index in [1.807, 2.05) is 0 Å². The highest BCUT2D eigenvalue weighted by molar-refractivity contribution is 4.98. The quantitative estimate of drug-likeness (QED) is 0.601. The van der Waals surface area contributed by atoms with Gasteiger partial charge in [0.1, 0.15) is 0 Å². The first kappa shape index (κ1) is 10.5. The first-order valence-corrected chi connectivity index (χ1v) is 6.68. The predicted molar refractivity (Wildman–Crippen MR) is 62.2 cm³/mol. The molecule has 0 amide bonds. The van der Waals surface area contributed by atoms with Crippen LogP contribution in [0.4, 0.5) is 0 Å². The van der Waals surface area contributed by atoms with Crippen LogP contribution in [0.1, 0.15) is 65.7 Å². The topological polar surface area (TPSA) is 0 Å². The van der Waals surface area contributed by atoms with Gasteiger partial charge in [-0.15, -0.1) is 0 Å². The lowest BCUT2D eigenvalue weighted by molar-refractivity contribution is 0.0686. The average Bonchev–Trinajstić information content (AvgIpc) is 2.54. The molecule has 4 atom stereocenters. The van der Waals surface area contributed by atoms with E-state index >= 15 is 0 Å². The van der Waals surface area contributed by atoms with Crippen LogP contribution in [0.25, 0.3) is 0 Å². The Morgan fingerprint density at radius 1 is 1.21 bits per heavy atom. The predicted octanol–water partition coefficient (Wildman–Crippen LogP) is 4.64.